The first kappa shape index (κ1) is 16.8. The molecule has 0 bridgehead atoms. The zero-order valence-corrected chi connectivity index (χ0v) is 12.0. The molecule has 2 N–H and O–H groups in total. The third-order valence-corrected chi connectivity index (χ3v) is 4.30. The van der Waals surface area contributed by atoms with E-state index < -0.39 is 15.3 Å². The van der Waals surface area contributed by atoms with Gasteiger partial charge < -0.3 is 10.1 Å². The lowest BCUT2D eigenvalue weighted by molar-refractivity contribution is 0.193. The van der Waals surface area contributed by atoms with Gasteiger partial charge in [0.25, 0.3) is 0 Å². The Kier molecular flexibility index (Phi) is 9.72. The van der Waals surface area contributed by atoms with Gasteiger partial charge in [0.15, 0.2) is 0 Å². The molecule has 0 saturated carbocycles. The second-order valence-corrected chi connectivity index (χ2v) is 6.34. The van der Waals surface area contributed by atoms with Crippen LogP contribution in [-0.2, 0) is 14.8 Å². The summed E-state index contributed by atoms with van der Waals surface area (Å²) < 4.78 is 31.1. The van der Waals surface area contributed by atoms with Gasteiger partial charge in [-0.15, -0.1) is 0 Å². The average molecular weight is 266 g/mol. The van der Waals surface area contributed by atoms with E-state index in [2.05, 4.69) is 17.0 Å². The van der Waals surface area contributed by atoms with Gasteiger partial charge in [0, 0.05) is 26.8 Å². The van der Waals surface area contributed by atoms with Gasteiger partial charge in [-0.25, -0.2) is 13.1 Å². The normalized spacial score (nSPS) is 13.8. The number of ether oxygens (including phenoxy) is 1. The van der Waals surface area contributed by atoms with Crippen molar-refractivity contribution in [3.8, 4) is 0 Å². The van der Waals surface area contributed by atoms with Crippen molar-refractivity contribution in [3.05, 3.63) is 0 Å². The van der Waals surface area contributed by atoms with Gasteiger partial charge in [0.2, 0.25) is 10.0 Å². The lowest BCUT2D eigenvalue weighted by Gasteiger charge is -2.14. The lowest BCUT2D eigenvalue weighted by Crippen LogP contribution is -2.39. The number of methoxy groups -OCH3 is 1. The molecule has 0 aliphatic rings. The van der Waals surface area contributed by atoms with Gasteiger partial charge in [-0.05, 0) is 32.7 Å². The zero-order chi connectivity index (χ0) is 13.1. The molecule has 1 unspecified atom stereocenters. The first-order chi connectivity index (χ1) is 8.04. The van der Waals surface area contributed by atoms with Crippen molar-refractivity contribution in [2.45, 2.75) is 38.4 Å². The van der Waals surface area contributed by atoms with Crippen molar-refractivity contribution in [2.24, 2.45) is 0 Å². The van der Waals surface area contributed by atoms with Gasteiger partial charge in [-0.1, -0.05) is 6.92 Å². The molecule has 0 aliphatic carbocycles. The van der Waals surface area contributed by atoms with Crippen LogP contribution in [0.2, 0.25) is 0 Å². The predicted octanol–water partition coefficient (Wildman–Crippen LogP) is 0.721. The first-order valence-electron chi connectivity index (χ1n) is 6.22. The van der Waals surface area contributed by atoms with E-state index in [1.165, 1.54) is 0 Å². The van der Waals surface area contributed by atoms with Crippen LogP contribution in [0.3, 0.4) is 0 Å². The van der Waals surface area contributed by atoms with Crippen LogP contribution in [0.1, 0.15) is 33.1 Å². The smallest absolute Gasteiger partial charge is 0.215 e. The average Bonchev–Trinajstić information content (AvgIpc) is 2.29. The standard InChI is InChI=1S/C11H26N2O3S/c1-4-7-12-10-11(2)17(14,15)13-8-5-6-9-16-3/h11-13H,4-10H2,1-3H3. The van der Waals surface area contributed by atoms with Crippen molar-refractivity contribution in [2.75, 3.05) is 33.4 Å². The van der Waals surface area contributed by atoms with Crippen LogP contribution in [0.15, 0.2) is 0 Å². The molecule has 0 amide bonds. The van der Waals surface area contributed by atoms with Crippen LogP contribution < -0.4 is 10.0 Å². The Bertz CT molecular complexity index is 268. The summed E-state index contributed by atoms with van der Waals surface area (Å²) in [7, 11) is -1.54. The number of hydrogen-bond donors (Lipinski definition) is 2. The van der Waals surface area contributed by atoms with Crippen LogP contribution in [0.25, 0.3) is 0 Å². The Morgan fingerprint density at radius 1 is 1.24 bits per heavy atom. The van der Waals surface area contributed by atoms with E-state index >= 15 is 0 Å². The second kappa shape index (κ2) is 9.82. The van der Waals surface area contributed by atoms with Crippen LogP contribution in [-0.4, -0.2) is 47.0 Å². The quantitative estimate of drug-likeness (QED) is 0.541. The van der Waals surface area contributed by atoms with Gasteiger partial charge >= 0.3 is 0 Å². The topological polar surface area (TPSA) is 67.4 Å². The molecule has 0 aromatic rings. The summed E-state index contributed by atoms with van der Waals surface area (Å²) >= 11 is 0. The molecule has 0 heterocycles. The number of rotatable bonds is 11. The molecule has 0 radical (unpaired) electrons. The summed E-state index contributed by atoms with van der Waals surface area (Å²) in [5.41, 5.74) is 0. The van der Waals surface area contributed by atoms with E-state index in [1.54, 1.807) is 14.0 Å². The maximum atomic E-state index is 11.8. The van der Waals surface area contributed by atoms with Gasteiger partial charge in [-0.2, -0.15) is 0 Å². The molecule has 104 valence electrons. The van der Waals surface area contributed by atoms with E-state index in [0.29, 0.717) is 19.7 Å². The predicted molar refractivity (Wildman–Crippen MR) is 70.7 cm³/mol. The highest BCUT2D eigenvalue weighted by atomic mass is 32.2. The minimum atomic E-state index is -3.18. The minimum absolute atomic E-state index is 0.392. The highest BCUT2D eigenvalue weighted by molar-refractivity contribution is 7.90. The van der Waals surface area contributed by atoms with Crippen LogP contribution in [0.5, 0.6) is 0 Å². The van der Waals surface area contributed by atoms with Crippen molar-refractivity contribution in [3.63, 3.8) is 0 Å². The molecular formula is C11H26N2O3S. The van der Waals surface area contributed by atoms with Crippen LogP contribution in [0, 0.1) is 0 Å². The molecule has 5 nitrogen and oxygen atoms in total. The largest absolute Gasteiger partial charge is 0.385 e. The summed E-state index contributed by atoms with van der Waals surface area (Å²) in [5.74, 6) is 0. The highest BCUT2D eigenvalue weighted by Crippen LogP contribution is 1.98. The summed E-state index contributed by atoms with van der Waals surface area (Å²) in [4.78, 5) is 0. The Morgan fingerprint density at radius 3 is 2.53 bits per heavy atom. The fraction of sp³-hybridized carbons (Fsp3) is 1.00. The van der Waals surface area contributed by atoms with Crippen LogP contribution in [0.4, 0.5) is 0 Å². The molecule has 0 fully saturated rings. The molecule has 0 aromatic carbocycles. The van der Waals surface area contributed by atoms with E-state index in [-0.39, 0.29) is 0 Å². The fourth-order valence-electron chi connectivity index (χ4n) is 1.32. The fourth-order valence-corrected chi connectivity index (χ4v) is 2.37. The second-order valence-electron chi connectivity index (χ2n) is 4.15. The third-order valence-electron chi connectivity index (χ3n) is 2.47. The van der Waals surface area contributed by atoms with Gasteiger partial charge in [-0.3, -0.25) is 0 Å². The summed E-state index contributed by atoms with van der Waals surface area (Å²) in [6.45, 7) is 6.30. The number of hydrogen-bond acceptors (Lipinski definition) is 4. The SMILES string of the molecule is CCCNCC(C)S(=O)(=O)NCCCCOC. The summed E-state index contributed by atoms with van der Waals surface area (Å²) in [5, 5.41) is 2.72. The van der Waals surface area contributed by atoms with Crippen LogP contribution >= 0.6 is 0 Å². The van der Waals surface area contributed by atoms with E-state index in [4.69, 9.17) is 4.74 Å². The lowest BCUT2D eigenvalue weighted by atomic mass is 10.3. The Morgan fingerprint density at radius 2 is 1.94 bits per heavy atom. The van der Waals surface area contributed by atoms with Gasteiger partial charge in [0.05, 0.1) is 5.25 Å². The number of nitrogens with one attached hydrogen (secondary N) is 2. The maximum Gasteiger partial charge on any atom is 0.215 e. The third kappa shape index (κ3) is 8.54. The number of unbranched alkanes of at least 4 members (excludes halogenated alkanes) is 1. The van der Waals surface area contributed by atoms with E-state index in [9.17, 15) is 8.42 Å². The molecular weight excluding hydrogens is 240 g/mol. The van der Waals surface area contributed by atoms with E-state index in [1.807, 2.05) is 0 Å². The highest BCUT2D eigenvalue weighted by Gasteiger charge is 2.18. The van der Waals surface area contributed by atoms with E-state index in [0.717, 1.165) is 25.8 Å². The van der Waals surface area contributed by atoms with Crippen molar-refractivity contribution >= 4 is 10.0 Å². The Labute approximate surface area is 105 Å². The van der Waals surface area contributed by atoms with Gasteiger partial charge in [0.1, 0.15) is 0 Å². The number of sulfonamides is 1. The first-order valence-corrected chi connectivity index (χ1v) is 7.77. The van der Waals surface area contributed by atoms with Crippen molar-refractivity contribution in [1.82, 2.24) is 10.0 Å². The molecule has 0 rings (SSSR count). The van der Waals surface area contributed by atoms with Crippen molar-refractivity contribution < 1.29 is 13.2 Å². The molecule has 0 saturated heterocycles. The summed E-state index contributed by atoms with van der Waals surface area (Å²) in [6, 6.07) is 0. The zero-order valence-electron chi connectivity index (χ0n) is 11.2. The summed E-state index contributed by atoms with van der Waals surface area (Å²) in [6.07, 6.45) is 2.70. The maximum absolute atomic E-state index is 11.8. The Hall–Kier alpha value is -0.170. The van der Waals surface area contributed by atoms with Crippen molar-refractivity contribution in [1.29, 1.82) is 0 Å². The molecule has 17 heavy (non-hydrogen) atoms. The molecule has 0 aromatic heterocycles. The molecule has 1 atom stereocenters. The molecule has 0 aliphatic heterocycles. The minimum Gasteiger partial charge on any atom is -0.385 e. The molecule has 0 spiro atoms. The Balaban J connectivity index is 3.77. The monoisotopic (exact) mass is 266 g/mol. The molecule has 6 heteroatoms.